The first kappa shape index (κ1) is 12.4. The fourth-order valence-corrected chi connectivity index (χ4v) is 3.52. The summed E-state index contributed by atoms with van der Waals surface area (Å²) >= 11 is 0. The Kier molecular flexibility index (Phi) is 3.60. The molecule has 2 unspecified atom stereocenters. The van der Waals surface area contributed by atoms with E-state index in [2.05, 4.69) is 26.1 Å². The number of rotatable bonds is 2. The van der Waals surface area contributed by atoms with Crippen LogP contribution in [0.2, 0.25) is 0 Å². The van der Waals surface area contributed by atoms with Crippen LogP contribution in [0, 0.1) is 5.92 Å². The van der Waals surface area contributed by atoms with E-state index >= 15 is 0 Å². The van der Waals surface area contributed by atoms with E-state index in [0.717, 1.165) is 25.3 Å². The Morgan fingerprint density at radius 2 is 2.00 bits per heavy atom. The van der Waals surface area contributed by atoms with Gasteiger partial charge in [0.1, 0.15) is 5.72 Å². The second-order valence-electron chi connectivity index (χ2n) is 5.86. The van der Waals surface area contributed by atoms with Crippen LogP contribution >= 0.6 is 0 Å². The molecule has 0 aromatic carbocycles. The van der Waals surface area contributed by atoms with E-state index in [-0.39, 0.29) is 11.3 Å². The molecule has 16 heavy (non-hydrogen) atoms. The minimum Gasteiger partial charge on any atom is -0.354 e. The minimum absolute atomic E-state index is 0.0158. The van der Waals surface area contributed by atoms with Gasteiger partial charge in [0, 0.05) is 6.54 Å². The zero-order valence-corrected chi connectivity index (χ0v) is 11.1. The fraction of sp³-hybridized carbons (Fsp3) is 1.00. The molecule has 0 amide bonds. The van der Waals surface area contributed by atoms with Crippen LogP contribution in [0.3, 0.4) is 0 Å². The van der Waals surface area contributed by atoms with Crippen LogP contribution in [0.4, 0.5) is 0 Å². The van der Waals surface area contributed by atoms with Gasteiger partial charge in [0.25, 0.3) is 0 Å². The van der Waals surface area contributed by atoms with Gasteiger partial charge in [0.05, 0.1) is 5.60 Å². The molecule has 0 radical (unpaired) electrons. The van der Waals surface area contributed by atoms with Crippen molar-refractivity contribution in [2.75, 3.05) is 6.54 Å². The predicted octanol–water partition coefficient (Wildman–Crippen LogP) is 3.46. The summed E-state index contributed by atoms with van der Waals surface area (Å²) in [5.41, 5.74) is 0.171. The molecule has 1 heterocycles. The number of hydrogen-bond acceptors (Lipinski definition) is 2. The fourth-order valence-electron chi connectivity index (χ4n) is 3.52. The summed E-state index contributed by atoms with van der Waals surface area (Å²) in [7, 11) is 0. The molecular weight excluding hydrogens is 198 g/mol. The van der Waals surface area contributed by atoms with Gasteiger partial charge in [-0.25, -0.2) is 0 Å². The Morgan fingerprint density at radius 3 is 2.62 bits per heavy atom. The van der Waals surface area contributed by atoms with Crippen LogP contribution in [-0.4, -0.2) is 17.9 Å². The molecule has 2 fully saturated rings. The lowest BCUT2D eigenvalue weighted by molar-refractivity contribution is -0.221. The number of nitrogens with one attached hydrogen (secondary N) is 1. The molecule has 1 aliphatic carbocycles. The van der Waals surface area contributed by atoms with E-state index in [4.69, 9.17) is 4.74 Å². The minimum atomic E-state index is 0.0158. The first-order valence-corrected chi connectivity index (χ1v) is 7.09. The summed E-state index contributed by atoms with van der Waals surface area (Å²) in [6.07, 6.45) is 8.59. The summed E-state index contributed by atoms with van der Waals surface area (Å²) < 4.78 is 6.56. The normalized spacial score (nSPS) is 38.8. The molecule has 2 nitrogen and oxygen atoms in total. The molecule has 0 aromatic rings. The van der Waals surface area contributed by atoms with Crippen LogP contribution in [-0.2, 0) is 4.74 Å². The van der Waals surface area contributed by atoms with Crippen molar-refractivity contribution in [1.82, 2.24) is 5.32 Å². The van der Waals surface area contributed by atoms with Gasteiger partial charge in [-0.1, -0.05) is 27.2 Å². The largest absolute Gasteiger partial charge is 0.354 e. The summed E-state index contributed by atoms with van der Waals surface area (Å²) in [5, 5.41) is 3.67. The summed E-state index contributed by atoms with van der Waals surface area (Å²) in [6, 6.07) is 0. The lowest BCUT2D eigenvalue weighted by Crippen LogP contribution is -2.60. The Hall–Kier alpha value is -0.0800. The molecule has 1 saturated carbocycles. The van der Waals surface area contributed by atoms with Crippen LogP contribution in [0.5, 0.6) is 0 Å². The van der Waals surface area contributed by atoms with Crippen molar-refractivity contribution in [3.05, 3.63) is 0 Å². The van der Waals surface area contributed by atoms with Crippen molar-refractivity contribution < 1.29 is 4.74 Å². The first-order chi connectivity index (χ1) is 7.64. The van der Waals surface area contributed by atoms with Crippen molar-refractivity contribution in [1.29, 1.82) is 0 Å². The maximum Gasteiger partial charge on any atom is 0.120 e. The Morgan fingerprint density at radius 1 is 1.25 bits per heavy atom. The lowest BCUT2D eigenvalue weighted by Gasteiger charge is -2.51. The molecule has 1 N–H and O–H groups in total. The summed E-state index contributed by atoms with van der Waals surface area (Å²) in [6.45, 7) is 8.04. The molecule has 94 valence electrons. The van der Waals surface area contributed by atoms with Gasteiger partial charge in [-0.05, 0) is 44.4 Å². The third-order valence-electron chi connectivity index (χ3n) is 4.68. The molecule has 1 saturated heterocycles. The van der Waals surface area contributed by atoms with E-state index in [9.17, 15) is 0 Å². The van der Waals surface area contributed by atoms with E-state index in [1.165, 1.54) is 32.1 Å². The maximum absolute atomic E-state index is 6.56. The molecular formula is C14H27NO. The van der Waals surface area contributed by atoms with Crippen molar-refractivity contribution in [3.8, 4) is 0 Å². The van der Waals surface area contributed by atoms with E-state index in [1.54, 1.807) is 0 Å². The van der Waals surface area contributed by atoms with Gasteiger partial charge in [0.15, 0.2) is 0 Å². The smallest absolute Gasteiger partial charge is 0.120 e. The van der Waals surface area contributed by atoms with Crippen LogP contribution in [0.25, 0.3) is 0 Å². The van der Waals surface area contributed by atoms with Crippen molar-refractivity contribution in [3.63, 3.8) is 0 Å². The molecule has 0 bridgehead atoms. The highest BCUT2D eigenvalue weighted by molar-refractivity contribution is 4.94. The van der Waals surface area contributed by atoms with E-state index < -0.39 is 0 Å². The lowest BCUT2D eigenvalue weighted by atomic mass is 9.80. The molecule has 2 aliphatic rings. The highest BCUT2D eigenvalue weighted by Gasteiger charge is 2.45. The summed E-state index contributed by atoms with van der Waals surface area (Å²) in [4.78, 5) is 0. The Labute approximate surface area is 100 Å². The average Bonchev–Trinajstić information content (AvgIpc) is 2.28. The van der Waals surface area contributed by atoms with Crippen LogP contribution < -0.4 is 5.32 Å². The zero-order chi connectivity index (χ0) is 11.6. The van der Waals surface area contributed by atoms with Gasteiger partial charge < -0.3 is 4.74 Å². The van der Waals surface area contributed by atoms with E-state index in [0.29, 0.717) is 0 Å². The summed E-state index contributed by atoms with van der Waals surface area (Å²) in [5.74, 6) is 0.811. The third kappa shape index (κ3) is 2.28. The monoisotopic (exact) mass is 225 g/mol. The van der Waals surface area contributed by atoms with Crippen LogP contribution in [0.15, 0.2) is 0 Å². The second-order valence-corrected chi connectivity index (χ2v) is 5.86. The quantitative estimate of drug-likeness (QED) is 0.777. The zero-order valence-electron chi connectivity index (χ0n) is 11.1. The van der Waals surface area contributed by atoms with E-state index in [1.807, 2.05) is 0 Å². The highest BCUT2D eigenvalue weighted by Crippen LogP contribution is 2.41. The van der Waals surface area contributed by atoms with Gasteiger partial charge in [0.2, 0.25) is 0 Å². The van der Waals surface area contributed by atoms with Crippen LogP contribution in [0.1, 0.15) is 65.7 Å². The highest BCUT2D eigenvalue weighted by atomic mass is 16.5. The maximum atomic E-state index is 6.56. The van der Waals surface area contributed by atoms with Gasteiger partial charge in [-0.15, -0.1) is 0 Å². The predicted molar refractivity (Wildman–Crippen MR) is 67.4 cm³/mol. The van der Waals surface area contributed by atoms with Crippen molar-refractivity contribution in [2.24, 2.45) is 5.92 Å². The third-order valence-corrected chi connectivity index (χ3v) is 4.68. The molecule has 2 heteroatoms. The standard InChI is InChI=1S/C14H27NO/c1-4-13(5-2)9-10-15-14(16-13)8-6-7-12(3)11-14/h12,15H,4-11H2,1-3H3. The van der Waals surface area contributed by atoms with Gasteiger partial charge in [-0.3, -0.25) is 5.32 Å². The average molecular weight is 225 g/mol. The molecule has 1 aliphatic heterocycles. The van der Waals surface area contributed by atoms with Crippen molar-refractivity contribution in [2.45, 2.75) is 77.0 Å². The first-order valence-electron chi connectivity index (χ1n) is 7.09. The molecule has 1 spiro atoms. The molecule has 2 rings (SSSR count). The number of ether oxygens (including phenoxy) is 1. The van der Waals surface area contributed by atoms with Gasteiger partial charge >= 0.3 is 0 Å². The Balaban J connectivity index is 2.10. The molecule has 0 aromatic heterocycles. The van der Waals surface area contributed by atoms with Crippen molar-refractivity contribution >= 4 is 0 Å². The SMILES string of the molecule is CCC1(CC)CCNC2(CCCC(C)C2)O1. The van der Waals surface area contributed by atoms with Gasteiger partial charge in [-0.2, -0.15) is 0 Å². The second kappa shape index (κ2) is 4.66. The molecule has 2 atom stereocenters. The number of hydrogen-bond donors (Lipinski definition) is 1. The topological polar surface area (TPSA) is 21.3 Å². The Bertz CT molecular complexity index is 233.